The van der Waals surface area contributed by atoms with Crippen LogP contribution in [-0.4, -0.2) is 0 Å². The van der Waals surface area contributed by atoms with Gasteiger partial charge in [0.2, 0.25) is 0 Å². The second-order valence-electron chi connectivity index (χ2n) is 27.5. The van der Waals surface area contributed by atoms with Crippen molar-refractivity contribution in [3.05, 3.63) is 479 Å². The Hall–Kier alpha value is -13.1. The van der Waals surface area contributed by atoms with Crippen LogP contribution in [0, 0.1) is 0 Å². The number of para-hydroxylation sites is 4. The molecule has 17 aromatic carbocycles. The molecule has 0 atom stereocenters. The van der Waals surface area contributed by atoms with E-state index in [-0.39, 0.29) is 0 Å². The van der Waals surface area contributed by atoms with Crippen LogP contribution < -0.4 is 9.80 Å². The van der Waals surface area contributed by atoms with E-state index in [0.717, 1.165) is 67.2 Å². The van der Waals surface area contributed by atoms with Gasteiger partial charge < -0.3 is 9.80 Å². The summed E-state index contributed by atoms with van der Waals surface area (Å²) in [7, 11) is 0. The van der Waals surface area contributed by atoms with Gasteiger partial charge in [0.05, 0.1) is 39.0 Å². The average Bonchev–Trinajstić information content (AvgIpc) is 0.871. The minimum Gasteiger partial charge on any atom is -0.310 e. The minimum absolute atomic E-state index is 0.633. The molecule has 0 radical (unpaired) electrons. The monoisotopic (exact) mass is 1310 g/mol. The molecule has 0 fully saturated rings. The second kappa shape index (κ2) is 24.1. The normalized spacial score (nSPS) is 14.0. The molecule has 482 valence electrons. The highest BCUT2D eigenvalue weighted by molar-refractivity contribution is 6.22. The van der Waals surface area contributed by atoms with Crippen LogP contribution >= 0.6 is 0 Å². The molecule has 20 rings (SSSR count). The number of rotatable bonds is 11. The number of hydrogen-bond donors (Lipinski definition) is 0. The number of benzene rings is 17. The predicted molar refractivity (Wildman–Crippen MR) is 428 cm³/mol. The molecule has 0 saturated carbocycles. The van der Waals surface area contributed by atoms with Crippen LogP contribution in [0.25, 0.3) is 66.1 Å². The van der Waals surface area contributed by atoms with Crippen molar-refractivity contribution in [1.82, 2.24) is 0 Å². The standard InChI is InChI=1S/C101H68N2/c1-9-36-69(37-10-1)99(70-38-11-2-12-39-70)87-60-26-25-52-83(87)96-84(59-33-63-90(96)99)95-79-55-31-53-77(81-57-34-66-93-97(81)100(71-40-13-3-14-41-71,72-42-15-4-16-43-72)88-61-27-29-64-91(88)102(93)75-48-21-7-22-49-75)85(79)68-86-78(54-32-56-80(86)95)82-58-35-67-94-98(82)101(73-44-17-5-18-45-73,74-46-19-6-20-47-74)89-62-28-30-65-92(89)103(94)76-50-23-8-24-51-76/h1-68H. The fourth-order valence-electron chi connectivity index (χ4n) is 18.8. The first-order valence-corrected chi connectivity index (χ1v) is 35.9. The van der Waals surface area contributed by atoms with Gasteiger partial charge in [0.15, 0.2) is 0 Å². The summed E-state index contributed by atoms with van der Waals surface area (Å²) in [5.41, 5.74) is 28.6. The summed E-state index contributed by atoms with van der Waals surface area (Å²) in [5, 5.41) is 4.66. The maximum Gasteiger partial charge on any atom is 0.0748 e. The topological polar surface area (TPSA) is 6.48 Å². The lowest BCUT2D eigenvalue weighted by Crippen LogP contribution is -2.38. The molecule has 103 heavy (non-hydrogen) atoms. The van der Waals surface area contributed by atoms with E-state index in [9.17, 15) is 0 Å². The van der Waals surface area contributed by atoms with Crippen LogP contribution in [0.5, 0.6) is 0 Å². The molecule has 1 aliphatic carbocycles. The van der Waals surface area contributed by atoms with Gasteiger partial charge in [-0.3, -0.25) is 0 Å². The Balaban J connectivity index is 0.964. The van der Waals surface area contributed by atoms with Gasteiger partial charge in [-0.2, -0.15) is 0 Å². The fourth-order valence-corrected chi connectivity index (χ4v) is 18.8. The molecule has 0 N–H and O–H groups in total. The number of anilines is 6. The Morgan fingerprint density at radius 3 is 0.854 bits per heavy atom. The molecule has 0 bridgehead atoms. The Morgan fingerprint density at radius 1 is 0.165 bits per heavy atom. The third kappa shape index (κ3) is 8.68. The third-order valence-electron chi connectivity index (χ3n) is 22.6. The van der Waals surface area contributed by atoms with Crippen LogP contribution in [0.3, 0.4) is 0 Å². The third-order valence-corrected chi connectivity index (χ3v) is 22.6. The molecule has 17 aromatic rings. The van der Waals surface area contributed by atoms with Crippen LogP contribution in [0.15, 0.2) is 413 Å². The number of hydrogen-bond acceptors (Lipinski definition) is 2. The van der Waals surface area contributed by atoms with Gasteiger partial charge in [-0.15, -0.1) is 0 Å². The van der Waals surface area contributed by atoms with E-state index in [1.807, 2.05) is 0 Å². The maximum atomic E-state index is 2.59. The fraction of sp³-hybridized carbons (Fsp3) is 0.0297. The first-order valence-electron chi connectivity index (χ1n) is 35.9. The summed E-state index contributed by atoms with van der Waals surface area (Å²) in [6.45, 7) is 0. The molecule has 2 heterocycles. The van der Waals surface area contributed by atoms with Crippen LogP contribution in [0.4, 0.5) is 34.1 Å². The number of fused-ring (bicyclic) bond motifs is 9. The Bertz CT molecular complexity index is 5690. The number of nitrogens with zero attached hydrogens (tertiary/aromatic N) is 2. The molecule has 0 saturated heterocycles. The molecular weight excluding hydrogens is 1240 g/mol. The molecular formula is C101H68N2. The summed E-state index contributed by atoms with van der Waals surface area (Å²) in [6, 6.07) is 155. The second-order valence-corrected chi connectivity index (χ2v) is 27.5. The van der Waals surface area contributed by atoms with E-state index in [2.05, 4.69) is 422 Å². The molecule has 0 spiro atoms. The zero-order valence-electron chi connectivity index (χ0n) is 56.7. The molecule has 0 aromatic heterocycles. The minimum atomic E-state index is -0.798. The largest absolute Gasteiger partial charge is 0.310 e. The smallest absolute Gasteiger partial charge is 0.0748 e. The van der Waals surface area contributed by atoms with Crippen molar-refractivity contribution in [2.45, 2.75) is 16.2 Å². The van der Waals surface area contributed by atoms with Gasteiger partial charge in [-0.25, -0.2) is 0 Å². The predicted octanol–water partition coefficient (Wildman–Crippen LogP) is 25.7. The summed E-state index contributed by atoms with van der Waals surface area (Å²) in [4.78, 5) is 5.03. The van der Waals surface area contributed by atoms with Crippen molar-refractivity contribution in [3.63, 3.8) is 0 Å². The highest BCUT2D eigenvalue weighted by atomic mass is 15.2. The lowest BCUT2D eigenvalue weighted by molar-refractivity contribution is 0.733. The van der Waals surface area contributed by atoms with Crippen molar-refractivity contribution >= 4 is 55.7 Å². The maximum absolute atomic E-state index is 2.59. The summed E-state index contributed by atoms with van der Waals surface area (Å²) in [6.07, 6.45) is 0. The molecule has 3 aliphatic rings. The van der Waals surface area contributed by atoms with E-state index < -0.39 is 16.2 Å². The van der Waals surface area contributed by atoms with Gasteiger partial charge in [-0.05, 0) is 176 Å². The first kappa shape index (κ1) is 59.9. The molecule has 2 nitrogen and oxygen atoms in total. The van der Waals surface area contributed by atoms with Crippen molar-refractivity contribution in [2.24, 2.45) is 0 Å². The van der Waals surface area contributed by atoms with Gasteiger partial charge in [0.1, 0.15) is 0 Å². The van der Waals surface area contributed by atoms with Crippen LogP contribution in [0.1, 0.15) is 66.8 Å². The molecule has 2 aliphatic heterocycles. The highest BCUT2D eigenvalue weighted by Crippen LogP contribution is 2.65. The van der Waals surface area contributed by atoms with E-state index in [0.29, 0.717) is 0 Å². The van der Waals surface area contributed by atoms with Gasteiger partial charge >= 0.3 is 0 Å². The molecule has 0 unspecified atom stereocenters. The zero-order chi connectivity index (χ0) is 68.1. The quantitative estimate of drug-likeness (QED) is 0.119. The van der Waals surface area contributed by atoms with Crippen LogP contribution in [0.2, 0.25) is 0 Å². The van der Waals surface area contributed by atoms with E-state index in [1.54, 1.807) is 0 Å². The van der Waals surface area contributed by atoms with Crippen molar-refractivity contribution in [2.75, 3.05) is 9.80 Å². The Morgan fingerprint density at radius 2 is 0.447 bits per heavy atom. The molecule has 2 heteroatoms. The van der Waals surface area contributed by atoms with Crippen molar-refractivity contribution in [3.8, 4) is 44.5 Å². The summed E-state index contributed by atoms with van der Waals surface area (Å²) >= 11 is 0. The first-order chi connectivity index (χ1) is 51.2. The average molecular weight is 1310 g/mol. The van der Waals surface area contributed by atoms with Gasteiger partial charge in [0.25, 0.3) is 0 Å². The molecule has 0 amide bonds. The summed E-state index contributed by atoms with van der Waals surface area (Å²) in [5.74, 6) is 0. The lowest BCUT2D eigenvalue weighted by Gasteiger charge is -2.47. The lowest BCUT2D eigenvalue weighted by atomic mass is 9.60. The Kier molecular flexibility index (Phi) is 14.0. The van der Waals surface area contributed by atoms with Crippen molar-refractivity contribution < 1.29 is 0 Å². The van der Waals surface area contributed by atoms with Crippen LogP contribution in [-0.2, 0) is 16.2 Å². The highest BCUT2D eigenvalue weighted by Gasteiger charge is 2.51. The SMILES string of the molecule is c1ccc(N2c3ccccc3C(c3ccccc3)(c3ccccc3)c3c(-c4cccc5c(-c6cccc7c6-c6ccccc6C7(c6ccccc6)c6ccccc6)c6cccc(-c7cccc8c7C(c7ccccc7)(c7ccccc7)c7ccccc7N8c7ccccc7)c6cc45)cccc32)cc1. The van der Waals surface area contributed by atoms with E-state index in [4.69, 9.17) is 0 Å². The van der Waals surface area contributed by atoms with Gasteiger partial charge in [-0.1, -0.05) is 358 Å². The van der Waals surface area contributed by atoms with Crippen molar-refractivity contribution in [1.29, 1.82) is 0 Å². The van der Waals surface area contributed by atoms with E-state index >= 15 is 0 Å². The van der Waals surface area contributed by atoms with E-state index in [1.165, 1.54) is 99.8 Å². The zero-order valence-corrected chi connectivity index (χ0v) is 56.7. The van der Waals surface area contributed by atoms with Gasteiger partial charge in [0, 0.05) is 22.5 Å². The Labute approximate surface area is 601 Å². The summed E-state index contributed by atoms with van der Waals surface area (Å²) < 4.78 is 0.